The molecule has 1 N–H and O–H groups in total. The van der Waals surface area contributed by atoms with Gasteiger partial charge in [-0.15, -0.1) is 10.2 Å². The molecular formula is C15H20N4O2S. The van der Waals surface area contributed by atoms with E-state index < -0.39 is 10.0 Å². The molecule has 1 aliphatic rings. The van der Waals surface area contributed by atoms with E-state index in [0.29, 0.717) is 11.4 Å². The quantitative estimate of drug-likeness (QED) is 0.930. The lowest BCUT2D eigenvalue weighted by atomic mass is 10.1. The van der Waals surface area contributed by atoms with Crippen molar-refractivity contribution in [2.45, 2.75) is 50.1 Å². The zero-order chi connectivity index (χ0) is 15.7. The third-order valence-corrected chi connectivity index (χ3v) is 5.40. The van der Waals surface area contributed by atoms with Crippen molar-refractivity contribution >= 4 is 10.0 Å². The molecule has 118 valence electrons. The first kappa shape index (κ1) is 15.2. The number of nitrogens with zero attached hydrogens (tertiary/aromatic N) is 3. The Labute approximate surface area is 130 Å². The normalized spacial score (nSPS) is 18.4. The molecule has 3 rings (SSSR count). The Kier molecular flexibility index (Phi) is 4.01. The summed E-state index contributed by atoms with van der Waals surface area (Å²) in [5, 5.41) is 8.42. The fourth-order valence-electron chi connectivity index (χ4n) is 2.76. The minimum absolute atomic E-state index is 0.133. The van der Waals surface area contributed by atoms with Crippen LogP contribution < -0.4 is 4.72 Å². The Morgan fingerprint density at radius 3 is 2.64 bits per heavy atom. The third kappa shape index (κ3) is 2.91. The Bertz CT molecular complexity index is 753. The average Bonchev–Trinajstić information content (AvgIpc) is 2.91. The Balaban J connectivity index is 1.79. The number of hydrogen-bond donors (Lipinski definition) is 1. The summed E-state index contributed by atoms with van der Waals surface area (Å²) in [6.07, 6.45) is 1.48. The van der Waals surface area contributed by atoms with Gasteiger partial charge >= 0.3 is 0 Å². The number of fused-ring (bicyclic) bond motifs is 1. The van der Waals surface area contributed by atoms with Gasteiger partial charge in [-0.1, -0.05) is 32.0 Å². The van der Waals surface area contributed by atoms with Crippen molar-refractivity contribution in [1.82, 2.24) is 19.5 Å². The molecule has 0 bridgehead atoms. The number of aromatic nitrogens is 3. The minimum atomic E-state index is -3.48. The molecule has 1 aromatic heterocycles. The van der Waals surface area contributed by atoms with Gasteiger partial charge in [0.05, 0.1) is 4.90 Å². The number of rotatable bonds is 4. The van der Waals surface area contributed by atoms with Crippen LogP contribution in [0, 0.1) is 0 Å². The fraction of sp³-hybridized carbons (Fsp3) is 0.467. The minimum Gasteiger partial charge on any atom is -0.313 e. The number of sulfonamides is 1. The maximum absolute atomic E-state index is 12.4. The van der Waals surface area contributed by atoms with E-state index in [1.165, 1.54) is 0 Å². The van der Waals surface area contributed by atoms with Crippen LogP contribution >= 0.6 is 0 Å². The molecule has 2 aromatic rings. The second-order valence-electron chi connectivity index (χ2n) is 5.91. The average molecular weight is 320 g/mol. The van der Waals surface area contributed by atoms with Crippen LogP contribution in [-0.2, 0) is 23.0 Å². The monoisotopic (exact) mass is 320 g/mol. The number of nitrogens with one attached hydrogen (secondary N) is 1. The zero-order valence-electron chi connectivity index (χ0n) is 12.7. The van der Waals surface area contributed by atoms with E-state index in [2.05, 4.69) is 28.8 Å². The van der Waals surface area contributed by atoms with Crippen molar-refractivity contribution in [3.8, 4) is 0 Å². The van der Waals surface area contributed by atoms with E-state index in [9.17, 15) is 8.42 Å². The summed E-state index contributed by atoms with van der Waals surface area (Å²) in [5.41, 5.74) is 0. The van der Waals surface area contributed by atoms with Gasteiger partial charge in [-0.2, -0.15) is 0 Å². The van der Waals surface area contributed by atoms with Crippen molar-refractivity contribution in [3.05, 3.63) is 42.0 Å². The molecule has 0 radical (unpaired) electrons. The van der Waals surface area contributed by atoms with Gasteiger partial charge in [0.15, 0.2) is 0 Å². The highest BCUT2D eigenvalue weighted by Crippen LogP contribution is 2.21. The highest BCUT2D eigenvalue weighted by molar-refractivity contribution is 7.89. The lowest BCUT2D eigenvalue weighted by Gasteiger charge is -2.25. The van der Waals surface area contributed by atoms with Gasteiger partial charge in [-0.25, -0.2) is 13.1 Å². The Hall–Kier alpha value is -1.73. The van der Waals surface area contributed by atoms with Gasteiger partial charge < -0.3 is 4.57 Å². The van der Waals surface area contributed by atoms with E-state index in [-0.39, 0.29) is 12.0 Å². The largest absolute Gasteiger partial charge is 0.313 e. The van der Waals surface area contributed by atoms with Crippen LogP contribution in [0.3, 0.4) is 0 Å². The molecule has 1 atom stereocenters. The second-order valence-corrected chi connectivity index (χ2v) is 7.62. The second kappa shape index (κ2) is 5.81. The Morgan fingerprint density at radius 2 is 1.95 bits per heavy atom. The van der Waals surface area contributed by atoms with E-state index in [1.54, 1.807) is 30.3 Å². The van der Waals surface area contributed by atoms with Crippen LogP contribution in [0.5, 0.6) is 0 Å². The van der Waals surface area contributed by atoms with Crippen molar-refractivity contribution in [2.24, 2.45) is 0 Å². The van der Waals surface area contributed by atoms with E-state index in [1.807, 2.05) is 4.57 Å². The smallest absolute Gasteiger partial charge is 0.240 e. The molecule has 0 saturated heterocycles. The van der Waals surface area contributed by atoms with Crippen molar-refractivity contribution in [1.29, 1.82) is 0 Å². The predicted octanol–water partition coefficient (Wildman–Crippen LogP) is 1.69. The van der Waals surface area contributed by atoms with Crippen LogP contribution in [0.25, 0.3) is 0 Å². The van der Waals surface area contributed by atoms with Crippen molar-refractivity contribution < 1.29 is 8.42 Å². The maximum Gasteiger partial charge on any atom is 0.240 e. The van der Waals surface area contributed by atoms with E-state index in [0.717, 1.165) is 24.5 Å². The third-order valence-electron chi connectivity index (χ3n) is 3.87. The summed E-state index contributed by atoms with van der Waals surface area (Å²) in [6.45, 7) is 4.71. The van der Waals surface area contributed by atoms with Crippen LogP contribution in [0.15, 0.2) is 35.2 Å². The zero-order valence-corrected chi connectivity index (χ0v) is 13.5. The highest BCUT2D eigenvalue weighted by atomic mass is 32.2. The van der Waals surface area contributed by atoms with Crippen LogP contribution in [-0.4, -0.2) is 29.2 Å². The molecule has 1 aromatic carbocycles. The van der Waals surface area contributed by atoms with E-state index in [4.69, 9.17) is 0 Å². The molecule has 1 unspecified atom stereocenters. The summed E-state index contributed by atoms with van der Waals surface area (Å²) < 4.78 is 29.7. The molecule has 6 nitrogen and oxygen atoms in total. The van der Waals surface area contributed by atoms with Gasteiger partial charge in [0, 0.05) is 24.9 Å². The maximum atomic E-state index is 12.4. The highest BCUT2D eigenvalue weighted by Gasteiger charge is 2.27. The molecule has 0 spiro atoms. The molecule has 0 aliphatic carbocycles. The standard InChI is InChI=1S/C15H20N4O2S/c1-11(2)15-17-16-14-9-8-12(10-19(14)15)18-22(20,21)13-6-4-3-5-7-13/h3-7,11-12,18H,8-10H2,1-2H3. The summed E-state index contributed by atoms with van der Waals surface area (Å²) in [5.74, 6) is 2.13. The van der Waals surface area contributed by atoms with Gasteiger partial charge in [-0.05, 0) is 18.6 Å². The van der Waals surface area contributed by atoms with Gasteiger partial charge in [0.2, 0.25) is 10.0 Å². The molecule has 2 heterocycles. The predicted molar refractivity (Wildman–Crippen MR) is 83.0 cm³/mol. The Morgan fingerprint density at radius 1 is 1.23 bits per heavy atom. The molecule has 7 heteroatoms. The van der Waals surface area contributed by atoms with Crippen molar-refractivity contribution in [3.63, 3.8) is 0 Å². The number of aryl methyl sites for hydroxylation is 1. The molecule has 0 saturated carbocycles. The first-order chi connectivity index (χ1) is 10.5. The van der Waals surface area contributed by atoms with Gasteiger partial charge in [0.1, 0.15) is 11.6 Å². The first-order valence-corrected chi connectivity index (χ1v) is 8.95. The van der Waals surface area contributed by atoms with Gasteiger partial charge in [-0.3, -0.25) is 0 Å². The van der Waals surface area contributed by atoms with E-state index >= 15 is 0 Å². The van der Waals surface area contributed by atoms with Gasteiger partial charge in [0.25, 0.3) is 0 Å². The molecule has 0 amide bonds. The number of benzene rings is 1. The molecular weight excluding hydrogens is 300 g/mol. The summed E-state index contributed by atoms with van der Waals surface area (Å²) >= 11 is 0. The topological polar surface area (TPSA) is 76.9 Å². The molecule has 22 heavy (non-hydrogen) atoms. The summed E-state index contributed by atoms with van der Waals surface area (Å²) in [6, 6.07) is 8.34. The molecule has 0 fully saturated rings. The summed E-state index contributed by atoms with van der Waals surface area (Å²) in [4.78, 5) is 0.300. The lowest BCUT2D eigenvalue weighted by Crippen LogP contribution is -2.41. The molecule has 1 aliphatic heterocycles. The summed E-state index contributed by atoms with van der Waals surface area (Å²) in [7, 11) is -3.48. The fourth-order valence-corrected chi connectivity index (χ4v) is 4.04. The lowest BCUT2D eigenvalue weighted by molar-refractivity contribution is 0.410. The van der Waals surface area contributed by atoms with Crippen molar-refractivity contribution in [2.75, 3.05) is 0 Å². The SMILES string of the molecule is CC(C)c1nnc2n1CC(NS(=O)(=O)c1ccccc1)CC2. The van der Waals surface area contributed by atoms with Crippen LogP contribution in [0.2, 0.25) is 0 Å². The first-order valence-electron chi connectivity index (χ1n) is 7.47. The van der Waals surface area contributed by atoms with Crippen LogP contribution in [0.1, 0.15) is 37.8 Å². The van der Waals surface area contributed by atoms with Crippen LogP contribution in [0.4, 0.5) is 0 Å². The number of hydrogen-bond acceptors (Lipinski definition) is 4.